The van der Waals surface area contributed by atoms with Gasteiger partial charge in [0.15, 0.2) is 0 Å². The van der Waals surface area contributed by atoms with Crippen LogP contribution in [0, 0.1) is 10.1 Å². The van der Waals surface area contributed by atoms with Gasteiger partial charge in [-0.3, -0.25) is 14.6 Å². The number of ether oxygens (including phenoxy) is 1. The van der Waals surface area contributed by atoms with Crippen LogP contribution in [0.3, 0.4) is 0 Å². The summed E-state index contributed by atoms with van der Waals surface area (Å²) in [4.78, 5) is 26.3. The Kier molecular flexibility index (Phi) is 5.94. The summed E-state index contributed by atoms with van der Waals surface area (Å²) in [6.07, 6.45) is 1.45. The summed E-state index contributed by atoms with van der Waals surface area (Å²) < 4.78 is 5.69. The summed E-state index contributed by atoms with van der Waals surface area (Å²) in [5, 5.41) is 10.6. The Morgan fingerprint density at radius 2 is 1.74 bits per heavy atom. The van der Waals surface area contributed by atoms with Crippen LogP contribution in [-0.2, 0) is 0 Å². The Bertz CT molecular complexity index is 694. The molecule has 0 N–H and O–H groups in total. The highest BCUT2D eigenvalue weighted by atomic mass is 79.9. The van der Waals surface area contributed by atoms with Gasteiger partial charge in [-0.2, -0.15) is 0 Å². The number of nitro benzene ring substituents is 1. The molecule has 0 bridgehead atoms. The van der Waals surface area contributed by atoms with Crippen molar-refractivity contribution >= 4 is 17.5 Å². The minimum absolute atomic E-state index is 0. The highest BCUT2D eigenvalue weighted by Crippen LogP contribution is 2.19. The number of carbonyl (C=O) groups is 1. The number of rotatable bonds is 4. The lowest BCUT2D eigenvalue weighted by Gasteiger charge is -2.21. The van der Waals surface area contributed by atoms with Crippen molar-refractivity contribution in [3.05, 3.63) is 58.3 Å². The van der Waals surface area contributed by atoms with Crippen molar-refractivity contribution in [3.8, 4) is 5.75 Å². The molecule has 0 aliphatic rings. The van der Waals surface area contributed by atoms with Crippen molar-refractivity contribution in [1.82, 2.24) is 9.47 Å². The van der Waals surface area contributed by atoms with Gasteiger partial charge in [0.2, 0.25) is 5.82 Å². The lowest BCUT2D eigenvalue weighted by atomic mass is 10.2. The molecule has 0 aliphatic heterocycles. The molecule has 0 unspecified atom stereocenters. The second-order valence-electron chi connectivity index (χ2n) is 5.56. The zero-order chi connectivity index (χ0) is 16.3. The summed E-state index contributed by atoms with van der Waals surface area (Å²) in [5.41, 5.74) is 0.254. The van der Waals surface area contributed by atoms with E-state index in [2.05, 4.69) is 4.98 Å². The zero-order valence-electron chi connectivity index (χ0n) is 12.9. The maximum Gasteiger partial charge on any atom is 0.345 e. The number of halogens is 1. The number of nitrogens with zero attached hydrogens (tertiary/aromatic N) is 3. The molecule has 0 saturated heterocycles. The molecule has 2 rings (SSSR count). The van der Waals surface area contributed by atoms with Gasteiger partial charge in [0.1, 0.15) is 5.75 Å². The fourth-order valence-electron chi connectivity index (χ4n) is 1.71. The first-order valence-corrected chi connectivity index (χ1v) is 6.52. The van der Waals surface area contributed by atoms with Gasteiger partial charge in [-0.1, -0.05) is 0 Å². The van der Waals surface area contributed by atoms with E-state index in [0.717, 1.165) is 5.82 Å². The molecule has 1 aromatic carbocycles. The van der Waals surface area contributed by atoms with Crippen molar-refractivity contribution in [2.75, 3.05) is 21.1 Å². The second kappa shape index (κ2) is 7.30. The molecule has 0 amide bonds. The van der Waals surface area contributed by atoms with Gasteiger partial charge in [-0.15, -0.1) is 0 Å². The molecular weight excluding hydrogens is 366 g/mol. The van der Waals surface area contributed by atoms with E-state index < -0.39 is 10.9 Å². The number of benzene rings is 1. The Labute approximate surface area is 144 Å². The molecule has 8 heteroatoms. The minimum atomic E-state index is -0.561. The topological polar surface area (TPSA) is 82.3 Å². The zero-order valence-corrected chi connectivity index (χ0v) is 14.5. The molecule has 0 aliphatic carbocycles. The first-order valence-electron chi connectivity index (χ1n) is 6.52. The number of nitro groups is 1. The summed E-state index contributed by atoms with van der Waals surface area (Å²) in [6.45, 7) is 0. The monoisotopic (exact) mass is 381 g/mol. The van der Waals surface area contributed by atoms with Gasteiger partial charge < -0.3 is 21.7 Å². The molecule has 23 heavy (non-hydrogen) atoms. The SMILES string of the molecule is C[N+](C)(C)c1ccc(C(=O)Oc2ccc([N+](=O)[O-])cc2)cn1.[Br-]. The molecule has 122 valence electrons. The van der Waals surface area contributed by atoms with Crippen molar-refractivity contribution < 1.29 is 31.4 Å². The third-order valence-electron chi connectivity index (χ3n) is 2.93. The average molecular weight is 382 g/mol. The molecule has 1 heterocycles. The van der Waals surface area contributed by atoms with Crippen molar-refractivity contribution in [2.24, 2.45) is 0 Å². The largest absolute Gasteiger partial charge is 1.00 e. The van der Waals surface area contributed by atoms with Crippen molar-refractivity contribution in [3.63, 3.8) is 0 Å². The molecule has 0 fully saturated rings. The van der Waals surface area contributed by atoms with Gasteiger partial charge in [-0.25, -0.2) is 9.78 Å². The third kappa shape index (κ3) is 4.83. The number of esters is 1. The van der Waals surface area contributed by atoms with Gasteiger partial charge in [0.25, 0.3) is 5.69 Å². The summed E-state index contributed by atoms with van der Waals surface area (Å²) in [5.74, 6) is 0.493. The Morgan fingerprint density at radius 3 is 2.17 bits per heavy atom. The Morgan fingerprint density at radius 1 is 1.13 bits per heavy atom. The van der Waals surface area contributed by atoms with E-state index in [1.54, 1.807) is 12.1 Å². The van der Waals surface area contributed by atoms with Gasteiger partial charge in [-0.05, 0) is 18.2 Å². The van der Waals surface area contributed by atoms with Crippen LogP contribution < -0.4 is 26.2 Å². The number of hydrogen-bond acceptors (Lipinski definition) is 5. The van der Waals surface area contributed by atoms with Crippen molar-refractivity contribution in [2.45, 2.75) is 0 Å². The Balaban J connectivity index is 0.00000264. The van der Waals surface area contributed by atoms with E-state index in [0.29, 0.717) is 10.0 Å². The molecule has 0 spiro atoms. The standard InChI is InChI=1S/C15H16N3O4.BrH/c1-18(2,3)14-9-4-11(10-16-14)15(19)22-13-7-5-12(6-8-13)17(20)21;/h4-10H,1-3H3;1H/q+1;/p-1. The molecular formula is C15H16BrN3O4. The highest BCUT2D eigenvalue weighted by Gasteiger charge is 2.16. The molecule has 2 aromatic rings. The maximum absolute atomic E-state index is 12.0. The predicted molar refractivity (Wildman–Crippen MR) is 81.9 cm³/mol. The van der Waals surface area contributed by atoms with Crippen LogP contribution in [0.4, 0.5) is 11.5 Å². The summed E-state index contributed by atoms with van der Waals surface area (Å²) in [6, 6.07) is 8.71. The number of aromatic nitrogens is 1. The normalized spacial score (nSPS) is 10.6. The number of carbonyl (C=O) groups excluding carboxylic acids is 1. The third-order valence-corrected chi connectivity index (χ3v) is 2.93. The lowest BCUT2D eigenvalue weighted by molar-refractivity contribution is -0.384. The molecule has 0 saturated carbocycles. The van der Waals surface area contributed by atoms with Crippen LogP contribution >= 0.6 is 0 Å². The van der Waals surface area contributed by atoms with Crippen LogP contribution in [0.2, 0.25) is 0 Å². The first-order chi connectivity index (χ1) is 10.3. The fraction of sp³-hybridized carbons (Fsp3) is 0.200. The Hall–Kier alpha value is -2.32. The van der Waals surface area contributed by atoms with Crippen LogP contribution in [-0.4, -0.2) is 37.0 Å². The van der Waals surface area contributed by atoms with Gasteiger partial charge >= 0.3 is 5.97 Å². The molecule has 0 atom stereocenters. The van der Waals surface area contributed by atoms with Crippen molar-refractivity contribution in [1.29, 1.82) is 0 Å². The second-order valence-corrected chi connectivity index (χ2v) is 5.56. The number of non-ortho nitro benzene ring substituents is 1. The van der Waals surface area contributed by atoms with Crippen LogP contribution in [0.5, 0.6) is 5.75 Å². The minimum Gasteiger partial charge on any atom is -1.00 e. The quantitative estimate of drug-likeness (QED) is 0.232. The van der Waals surface area contributed by atoms with E-state index in [4.69, 9.17) is 4.74 Å². The molecule has 0 radical (unpaired) electrons. The van der Waals surface area contributed by atoms with E-state index in [1.165, 1.54) is 30.5 Å². The van der Waals surface area contributed by atoms with E-state index >= 15 is 0 Å². The van der Waals surface area contributed by atoms with E-state index in [-0.39, 0.29) is 28.4 Å². The number of pyridine rings is 1. The van der Waals surface area contributed by atoms with Crippen LogP contribution in [0.15, 0.2) is 42.6 Å². The fourth-order valence-corrected chi connectivity index (χ4v) is 1.71. The van der Waals surface area contributed by atoms with E-state index in [1.807, 2.05) is 21.1 Å². The first kappa shape index (κ1) is 18.7. The van der Waals surface area contributed by atoms with Gasteiger partial charge in [0.05, 0.1) is 31.6 Å². The summed E-state index contributed by atoms with van der Waals surface area (Å²) >= 11 is 0. The molecule has 1 aromatic heterocycles. The van der Waals surface area contributed by atoms with Crippen LogP contribution in [0.25, 0.3) is 0 Å². The van der Waals surface area contributed by atoms with Crippen LogP contribution in [0.1, 0.15) is 10.4 Å². The smallest absolute Gasteiger partial charge is 0.345 e. The molecule has 7 nitrogen and oxygen atoms in total. The lowest BCUT2D eigenvalue weighted by Crippen LogP contribution is -3.00. The predicted octanol–water partition coefficient (Wildman–Crippen LogP) is -0.590. The van der Waals surface area contributed by atoms with Gasteiger partial charge in [0, 0.05) is 24.4 Å². The highest BCUT2D eigenvalue weighted by molar-refractivity contribution is 5.90. The van der Waals surface area contributed by atoms with E-state index in [9.17, 15) is 14.9 Å². The maximum atomic E-state index is 12.0. The number of hydrogen-bond donors (Lipinski definition) is 0. The number of quaternary nitrogens is 1. The summed E-state index contributed by atoms with van der Waals surface area (Å²) in [7, 11) is 5.91. The average Bonchev–Trinajstić information content (AvgIpc) is 2.47.